The molecule has 0 fully saturated rings. The number of hydrogen-bond donors (Lipinski definition) is 2. The average molecular weight is 264 g/mol. The number of nitrogens with one attached hydrogen (secondary N) is 2. The van der Waals surface area contributed by atoms with E-state index in [4.69, 9.17) is 4.74 Å². The van der Waals surface area contributed by atoms with Crippen LogP contribution in [0, 0.1) is 5.41 Å². The van der Waals surface area contributed by atoms with E-state index in [1.165, 1.54) is 7.11 Å². The largest absolute Gasteiger partial charge is 0.385 e. The van der Waals surface area contributed by atoms with Crippen LogP contribution in [0.15, 0.2) is 24.3 Å². The first kappa shape index (κ1) is 15.5. The second-order valence-electron chi connectivity index (χ2n) is 5.80. The molecule has 4 nitrogen and oxygen atoms in total. The summed E-state index contributed by atoms with van der Waals surface area (Å²) in [7, 11) is 1.50. The number of amides is 1. The normalized spacial score (nSPS) is 11.2. The molecule has 0 aliphatic carbocycles. The van der Waals surface area contributed by atoms with E-state index in [-0.39, 0.29) is 12.5 Å². The first-order valence-corrected chi connectivity index (χ1v) is 6.53. The number of hydrogen-bond acceptors (Lipinski definition) is 3. The topological polar surface area (TPSA) is 50.4 Å². The molecule has 0 saturated carbocycles. The fourth-order valence-corrected chi connectivity index (χ4v) is 1.62. The number of carbonyl (C=O) groups is 1. The van der Waals surface area contributed by atoms with Crippen LogP contribution in [0.2, 0.25) is 0 Å². The van der Waals surface area contributed by atoms with E-state index in [9.17, 15) is 4.79 Å². The average Bonchev–Trinajstić information content (AvgIpc) is 2.28. The van der Waals surface area contributed by atoms with Crippen molar-refractivity contribution in [1.29, 1.82) is 0 Å². The Labute approximate surface area is 115 Å². The van der Waals surface area contributed by atoms with Gasteiger partial charge in [-0.3, -0.25) is 4.79 Å². The molecule has 1 rings (SSSR count). The number of carbonyl (C=O) groups excluding carboxylic acids is 1. The van der Waals surface area contributed by atoms with Crippen molar-refractivity contribution in [3.05, 3.63) is 24.3 Å². The molecule has 1 amide bonds. The molecule has 0 atom stereocenters. The van der Waals surface area contributed by atoms with Crippen LogP contribution in [0.4, 0.5) is 11.4 Å². The Morgan fingerprint density at radius 2 is 1.95 bits per heavy atom. The highest BCUT2D eigenvalue weighted by Crippen LogP contribution is 2.20. The maximum Gasteiger partial charge on any atom is 0.250 e. The Kier molecular flexibility index (Phi) is 5.83. The summed E-state index contributed by atoms with van der Waals surface area (Å²) in [6.45, 7) is 7.64. The minimum Gasteiger partial charge on any atom is -0.385 e. The zero-order chi connectivity index (χ0) is 14.3. The zero-order valence-corrected chi connectivity index (χ0v) is 12.2. The fourth-order valence-electron chi connectivity index (χ4n) is 1.62. The highest BCUT2D eigenvalue weighted by molar-refractivity contribution is 5.92. The van der Waals surface area contributed by atoms with E-state index < -0.39 is 0 Å². The molecule has 4 heteroatoms. The van der Waals surface area contributed by atoms with Gasteiger partial charge in [-0.25, -0.2) is 0 Å². The molecule has 19 heavy (non-hydrogen) atoms. The van der Waals surface area contributed by atoms with Gasteiger partial charge in [0.2, 0.25) is 5.91 Å². The molecule has 0 aromatic heterocycles. The van der Waals surface area contributed by atoms with E-state index in [1.807, 2.05) is 24.3 Å². The van der Waals surface area contributed by atoms with Crippen molar-refractivity contribution in [2.24, 2.45) is 5.41 Å². The third-order valence-corrected chi connectivity index (χ3v) is 2.63. The van der Waals surface area contributed by atoms with E-state index in [1.54, 1.807) is 0 Å². The number of anilines is 2. The molecule has 0 saturated heterocycles. The second kappa shape index (κ2) is 7.14. The lowest BCUT2D eigenvalue weighted by molar-refractivity contribution is -0.119. The molecule has 1 aromatic carbocycles. The molecule has 0 unspecified atom stereocenters. The summed E-state index contributed by atoms with van der Waals surface area (Å²) in [6, 6.07) is 7.70. The number of benzene rings is 1. The Morgan fingerprint density at radius 3 is 2.58 bits per heavy atom. The lowest BCUT2D eigenvalue weighted by Crippen LogP contribution is -2.17. The lowest BCUT2D eigenvalue weighted by Gasteiger charge is -2.18. The van der Waals surface area contributed by atoms with Gasteiger partial charge in [0.25, 0.3) is 0 Å². The maximum absolute atomic E-state index is 11.4. The molecule has 0 radical (unpaired) electrons. The van der Waals surface area contributed by atoms with Gasteiger partial charge in [0.05, 0.1) is 0 Å². The Bertz CT molecular complexity index is 411. The smallest absolute Gasteiger partial charge is 0.250 e. The highest BCUT2D eigenvalue weighted by atomic mass is 16.5. The summed E-state index contributed by atoms with van der Waals surface area (Å²) in [5, 5.41) is 6.15. The summed E-state index contributed by atoms with van der Waals surface area (Å²) in [5.41, 5.74) is 2.11. The molecule has 106 valence electrons. The van der Waals surface area contributed by atoms with E-state index in [2.05, 4.69) is 31.4 Å². The summed E-state index contributed by atoms with van der Waals surface area (Å²) in [4.78, 5) is 11.4. The third kappa shape index (κ3) is 6.82. The number of ether oxygens (including phenoxy) is 1. The van der Waals surface area contributed by atoms with Crippen LogP contribution in [0.3, 0.4) is 0 Å². The van der Waals surface area contributed by atoms with Gasteiger partial charge in [-0.1, -0.05) is 26.8 Å². The van der Waals surface area contributed by atoms with Gasteiger partial charge >= 0.3 is 0 Å². The monoisotopic (exact) mass is 264 g/mol. The SMILES string of the molecule is COCC(=O)Nc1cccc(NCCC(C)(C)C)c1. The van der Waals surface area contributed by atoms with Crippen molar-refractivity contribution in [3.63, 3.8) is 0 Å². The van der Waals surface area contributed by atoms with Crippen molar-refractivity contribution in [3.8, 4) is 0 Å². The van der Waals surface area contributed by atoms with Crippen LogP contribution >= 0.6 is 0 Å². The van der Waals surface area contributed by atoms with Crippen molar-refractivity contribution in [2.75, 3.05) is 30.9 Å². The van der Waals surface area contributed by atoms with Crippen molar-refractivity contribution in [2.45, 2.75) is 27.2 Å². The predicted molar refractivity (Wildman–Crippen MR) is 79.5 cm³/mol. The van der Waals surface area contributed by atoms with E-state index >= 15 is 0 Å². The standard InChI is InChI=1S/C15H24N2O2/c1-15(2,3)8-9-16-12-6-5-7-13(10-12)17-14(18)11-19-4/h5-7,10,16H,8-9,11H2,1-4H3,(H,17,18). The molecule has 0 bridgehead atoms. The predicted octanol–water partition coefficient (Wildman–Crippen LogP) is 3.12. The van der Waals surface area contributed by atoms with Gasteiger partial charge < -0.3 is 15.4 Å². The Balaban J connectivity index is 2.50. The van der Waals surface area contributed by atoms with Crippen LogP contribution in [0.1, 0.15) is 27.2 Å². The van der Waals surface area contributed by atoms with Crippen molar-refractivity contribution in [1.82, 2.24) is 0 Å². The molecule has 1 aromatic rings. The molecular weight excluding hydrogens is 240 g/mol. The van der Waals surface area contributed by atoms with Gasteiger partial charge in [0.15, 0.2) is 0 Å². The van der Waals surface area contributed by atoms with Crippen molar-refractivity contribution < 1.29 is 9.53 Å². The molecule has 0 aliphatic heterocycles. The van der Waals surface area contributed by atoms with Gasteiger partial charge in [0.1, 0.15) is 6.61 Å². The van der Waals surface area contributed by atoms with Crippen LogP contribution in [-0.2, 0) is 9.53 Å². The summed E-state index contributed by atoms with van der Waals surface area (Å²) >= 11 is 0. The van der Waals surface area contributed by atoms with Crippen LogP contribution in [0.25, 0.3) is 0 Å². The van der Waals surface area contributed by atoms with Crippen molar-refractivity contribution >= 4 is 17.3 Å². The zero-order valence-electron chi connectivity index (χ0n) is 12.2. The fraction of sp³-hybridized carbons (Fsp3) is 0.533. The van der Waals surface area contributed by atoms with E-state index in [0.29, 0.717) is 5.41 Å². The quantitative estimate of drug-likeness (QED) is 0.830. The van der Waals surface area contributed by atoms with Crippen LogP contribution in [-0.4, -0.2) is 26.2 Å². The van der Waals surface area contributed by atoms with E-state index in [0.717, 1.165) is 24.3 Å². The minimum atomic E-state index is -0.144. The van der Waals surface area contributed by atoms with Gasteiger partial charge in [-0.05, 0) is 30.0 Å². The molecule has 2 N–H and O–H groups in total. The summed E-state index contributed by atoms with van der Waals surface area (Å²) in [6.07, 6.45) is 1.09. The molecule has 0 aliphatic rings. The Morgan fingerprint density at radius 1 is 1.26 bits per heavy atom. The van der Waals surface area contributed by atoms with Gasteiger partial charge in [0, 0.05) is 25.0 Å². The number of rotatable bonds is 6. The lowest BCUT2D eigenvalue weighted by atomic mass is 9.92. The molecule has 0 spiro atoms. The highest BCUT2D eigenvalue weighted by Gasteiger charge is 2.09. The summed E-state index contributed by atoms with van der Waals surface area (Å²) < 4.78 is 4.78. The minimum absolute atomic E-state index is 0.0711. The molecule has 0 heterocycles. The maximum atomic E-state index is 11.4. The van der Waals surface area contributed by atoms with Gasteiger partial charge in [-0.2, -0.15) is 0 Å². The third-order valence-electron chi connectivity index (χ3n) is 2.63. The number of methoxy groups -OCH3 is 1. The van der Waals surface area contributed by atoms with Gasteiger partial charge in [-0.15, -0.1) is 0 Å². The summed E-state index contributed by atoms with van der Waals surface area (Å²) in [5.74, 6) is -0.144. The first-order chi connectivity index (χ1) is 8.90. The molecular formula is C15H24N2O2. The second-order valence-corrected chi connectivity index (χ2v) is 5.80. The van der Waals surface area contributed by atoms with Crippen LogP contribution < -0.4 is 10.6 Å². The van der Waals surface area contributed by atoms with Crippen LogP contribution in [0.5, 0.6) is 0 Å². The first-order valence-electron chi connectivity index (χ1n) is 6.53. The Hall–Kier alpha value is -1.55.